The number of nitrogens with one attached hydrogen (secondary N) is 1. The highest BCUT2D eigenvalue weighted by Crippen LogP contribution is 2.24. The summed E-state index contributed by atoms with van der Waals surface area (Å²) < 4.78 is 31.6. The summed E-state index contributed by atoms with van der Waals surface area (Å²) in [6.07, 6.45) is 1.74. The second-order valence-electron chi connectivity index (χ2n) is 4.58. The van der Waals surface area contributed by atoms with Gasteiger partial charge in [0.05, 0.1) is 4.90 Å². The zero-order valence-electron chi connectivity index (χ0n) is 9.92. The molecule has 0 bridgehead atoms. The van der Waals surface area contributed by atoms with Gasteiger partial charge in [0.2, 0.25) is 10.0 Å². The minimum absolute atomic E-state index is 0.0412. The molecule has 1 aromatic heterocycles. The number of hydrogen-bond donors (Lipinski definition) is 2. The Balaban J connectivity index is 2.10. The molecule has 0 radical (unpaired) electrons. The third-order valence-corrected chi connectivity index (χ3v) is 4.46. The molecule has 2 aromatic rings. The molecule has 1 aliphatic carbocycles. The minimum Gasteiger partial charge on any atom is -0.421 e. The molecule has 6 nitrogen and oxygen atoms in total. The molecule has 0 atom stereocenters. The zero-order valence-corrected chi connectivity index (χ0v) is 10.7. The summed E-state index contributed by atoms with van der Waals surface area (Å²) in [7, 11) is -3.52. The second-order valence-corrected chi connectivity index (χ2v) is 6.30. The third kappa shape index (κ3) is 2.34. The maximum absolute atomic E-state index is 12.0. The van der Waals surface area contributed by atoms with Crippen LogP contribution in [0.5, 0.6) is 0 Å². The Hall–Kier alpha value is -1.86. The van der Waals surface area contributed by atoms with Crippen LogP contribution in [0.1, 0.15) is 12.8 Å². The first-order chi connectivity index (χ1) is 8.95. The second kappa shape index (κ2) is 4.07. The van der Waals surface area contributed by atoms with Gasteiger partial charge in [-0.05, 0) is 37.1 Å². The van der Waals surface area contributed by atoms with Gasteiger partial charge in [0.1, 0.15) is 11.3 Å². The summed E-state index contributed by atoms with van der Waals surface area (Å²) >= 11 is 0. The van der Waals surface area contributed by atoms with E-state index in [9.17, 15) is 13.2 Å². The lowest BCUT2D eigenvalue weighted by molar-refractivity contribution is 0.563. The Kier molecular flexibility index (Phi) is 2.61. The number of anilines is 1. The number of sulfonamides is 1. The summed E-state index contributed by atoms with van der Waals surface area (Å²) in [5, 5.41) is 0.482. The maximum Gasteiger partial charge on any atom is 0.359 e. The topological polar surface area (TPSA) is 102 Å². The Morgan fingerprint density at radius 2 is 2.00 bits per heavy atom. The van der Waals surface area contributed by atoms with E-state index < -0.39 is 15.6 Å². The highest BCUT2D eigenvalue weighted by atomic mass is 32.2. The van der Waals surface area contributed by atoms with Gasteiger partial charge in [0, 0.05) is 11.4 Å². The van der Waals surface area contributed by atoms with Crippen molar-refractivity contribution in [1.82, 2.24) is 4.72 Å². The summed E-state index contributed by atoms with van der Waals surface area (Å²) in [5.41, 5.74) is 5.10. The van der Waals surface area contributed by atoms with Gasteiger partial charge in [-0.1, -0.05) is 0 Å². The van der Waals surface area contributed by atoms with E-state index >= 15 is 0 Å². The molecule has 0 spiro atoms. The average molecular weight is 280 g/mol. The van der Waals surface area contributed by atoms with E-state index in [4.69, 9.17) is 10.2 Å². The summed E-state index contributed by atoms with van der Waals surface area (Å²) in [5.74, 6) is 0. The van der Waals surface area contributed by atoms with Gasteiger partial charge in [-0.3, -0.25) is 0 Å². The van der Waals surface area contributed by atoms with E-state index in [1.807, 2.05) is 0 Å². The van der Waals surface area contributed by atoms with Crippen LogP contribution in [-0.4, -0.2) is 14.5 Å². The van der Waals surface area contributed by atoms with Crippen molar-refractivity contribution >= 4 is 26.7 Å². The van der Waals surface area contributed by atoms with E-state index in [0.29, 0.717) is 11.0 Å². The lowest BCUT2D eigenvalue weighted by atomic mass is 10.2. The maximum atomic E-state index is 12.0. The van der Waals surface area contributed by atoms with Gasteiger partial charge in [-0.25, -0.2) is 17.9 Å². The van der Waals surface area contributed by atoms with Crippen molar-refractivity contribution in [3.8, 4) is 0 Å². The lowest BCUT2D eigenvalue weighted by Crippen LogP contribution is -2.25. The molecule has 7 heteroatoms. The molecular formula is C12H12N2O4S. The van der Waals surface area contributed by atoms with Crippen molar-refractivity contribution < 1.29 is 12.8 Å². The van der Waals surface area contributed by atoms with Crippen LogP contribution in [0.25, 0.3) is 11.0 Å². The predicted octanol–water partition coefficient (Wildman–Crippen LogP) is 0.816. The number of hydrogen-bond acceptors (Lipinski definition) is 5. The fraction of sp³-hybridized carbons (Fsp3) is 0.250. The predicted molar refractivity (Wildman–Crippen MR) is 70.2 cm³/mol. The van der Waals surface area contributed by atoms with Crippen molar-refractivity contribution in [1.29, 1.82) is 0 Å². The monoisotopic (exact) mass is 280 g/mol. The molecule has 1 aromatic carbocycles. The van der Waals surface area contributed by atoms with Crippen molar-refractivity contribution in [2.24, 2.45) is 0 Å². The molecule has 19 heavy (non-hydrogen) atoms. The number of nitrogen functional groups attached to an aromatic ring is 1. The average Bonchev–Trinajstić information content (AvgIpc) is 3.13. The van der Waals surface area contributed by atoms with Crippen molar-refractivity contribution in [2.75, 3.05) is 5.73 Å². The lowest BCUT2D eigenvalue weighted by Gasteiger charge is -2.06. The SMILES string of the molecule is Nc1cc2cc(S(=O)(=O)NC3CC3)ccc2oc1=O. The van der Waals surface area contributed by atoms with Crippen LogP contribution in [0.2, 0.25) is 0 Å². The number of nitrogens with two attached hydrogens (primary N) is 1. The van der Waals surface area contributed by atoms with Gasteiger partial charge in [0.25, 0.3) is 0 Å². The van der Waals surface area contributed by atoms with E-state index in [2.05, 4.69) is 4.72 Å². The quantitative estimate of drug-likeness (QED) is 0.810. The first kappa shape index (κ1) is 12.2. The summed E-state index contributed by atoms with van der Waals surface area (Å²) in [4.78, 5) is 11.4. The van der Waals surface area contributed by atoms with E-state index in [1.54, 1.807) is 0 Å². The fourth-order valence-electron chi connectivity index (χ4n) is 1.77. The van der Waals surface area contributed by atoms with Crippen LogP contribution < -0.4 is 16.1 Å². The Morgan fingerprint density at radius 3 is 2.68 bits per heavy atom. The van der Waals surface area contributed by atoms with Crippen molar-refractivity contribution in [3.63, 3.8) is 0 Å². The molecule has 0 saturated heterocycles. The van der Waals surface area contributed by atoms with Gasteiger partial charge < -0.3 is 10.2 Å². The van der Waals surface area contributed by atoms with E-state index in [1.165, 1.54) is 24.3 Å². The first-order valence-electron chi connectivity index (χ1n) is 5.81. The molecule has 0 unspecified atom stereocenters. The zero-order chi connectivity index (χ0) is 13.6. The van der Waals surface area contributed by atoms with Crippen LogP contribution in [0.15, 0.2) is 38.4 Å². The van der Waals surface area contributed by atoms with Gasteiger partial charge in [-0.15, -0.1) is 0 Å². The molecule has 0 amide bonds. The third-order valence-electron chi connectivity index (χ3n) is 2.94. The number of fused-ring (bicyclic) bond motifs is 1. The van der Waals surface area contributed by atoms with Crippen LogP contribution in [-0.2, 0) is 10.0 Å². The van der Waals surface area contributed by atoms with Crippen LogP contribution in [0.3, 0.4) is 0 Å². The minimum atomic E-state index is -3.52. The fourth-order valence-corrected chi connectivity index (χ4v) is 3.11. The largest absolute Gasteiger partial charge is 0.421 e. The number of benzene rings is 1. The first-order valence-corrected chi connectivity index (χ1v) is 7.30. The highest BCUT2D eigenvalue weighted by Gasteiger charge is 2.28. The van der Waals surface area contributed by atoms with E-state index in [-0.39, 0.29) is 16.6 Å². The molecule has 1 fully saturated rings. The van der Waals surface area contributed by atoms with Crippen LogP contribution in [0, 0.1) is 0 Å². The van der Waals surface area contributed by atoms with Crippen LogP contribution >= 0.6 is 0 Å². The number of rotatable bonds is 3. The summed E-state index contributed by atoms with van der Waals surface area (Å²) in [6, 6.07) is 5.76. The normalized spacial score (nSPS) is 15.8. The molecule has 3 rings (SSSR count). The summed E-state index contributed by atoms with van der Waals surface area (Å²) in [6.45, 7) is 0. The van der Waals surface area contributed by atoms with E-state index in [0.717, 1.165) is 12.8 Å². The van der Waals surface area contributed by atoms with Crippen molar-refractivity contribution in [3.05, 3.63) is 34.7 Å². The highest BCUT2D eigenvalue weighted by molar-refractivity contribution is 7.89. The molecule has 3 N–H and O–H groups in total. The van der Waals surface area contributed by atoms with Gasteiger partial charge in [0.15, 0.2) is 0 Å². The molecule has 1 heterocycles. The Labute approximate surface area is 109 Å². The smallest absolute Gasteiger partial charge is 0.359 e. The molecular weight excluding hydrogens is 268 g/mol. The Bertz CT molecular complexity index is 806. The van der Waals surface area contributed by atoms with Crippen LogP contribution in [0.4, 0.5) is 5.69 Å². The molecule has 1 saturated carbocycles. The van der Waals surface area contributed by atoms with Crippen molar-refractivity contribution in [2.45, 2.75) is 23.8 Å². The molecule has 100 valence electrons. The Morgan fingerprint density at radius 1 is 1.26 bits per heavy atom. The molecule has 1 aliphatic rings. The van der Waals surface area contributed by atoms with Gasteiger partial charge >= 0.3 is 5.63 Å². The standard InChI is InChI=1S/C12H12N2O4S/c13-10-6-7-5-9(3-4-11(7)18-12(10)15)19(16,17)14-8-1-2-8/h3-6,8,14H,1-2,13H2. The van der Waals surface area contributed by atoms with Gasteiger partial charge in [-0.2, -0.15) is 0 Å². The molecule has 0 aliphatic heterocycles.